The van der Waals surface area contributed by atoms with Gasteiger partial charge in [-0.2, -0.15) is 0 Å². The van der Waals surface area contributed by atoms with Gasteiger partial charge in [0, 0.05) is 11.1 Å². The summed E-state index contributed by atoms with van der Waals surface area (Å²) < 4.78 is 0. The molecule has 122 valence electrons. The maximum absolute atomic E-state index is 13.2. The molecule has 1 aliphatic rings. The van der Waals surface area contributed by atoms with E-state index in [1.54, 1.807) is 6.07 Å². The second-order valence-corrected chi connectivity index (χ2v) is 6.26. The van der Waals surface area contributed by atoms with Crippen molar-refractivity contribution in [1.29, 1.82) is 0 Å². The van der Waals surface area contributed by atoms with Gasteiger partial charge in [-0.05, 0) is 47.2 Å². The quantitative estimate of drug-likeness (QED) is 0.686. The van der Waals surface area contributed by atoms with Gasteiger partial charge in [0.25, 0.3) is 0 Å². The fraction of sp³-hybridized carbons (Fsp3) is 0.0870. The molecule has 3 aromatic carbocycles. The average Bonchev–Trinajstić information content (AvgIpc) is 2.67. The zero-order valence-corrected chi connectivity index (χ0v) is 13.8. The molecule has 3 aromatic rings. The fourth-order valence-corrected chi connectivity index (χ4v) is 3.50. The Balaban J connectivity index is 1.94. The molecule has 0 atom stereocenters. The van der Waals surface area contributed by atoms with Crippen LogP contribution in [0.4, 0.5) is 0 Å². The van der Waals surface area contributed by atoms with Crippen LogP contribution in [-0.4, -0.2) is 10.9 Å². The number of hydrogen-bond donors (Lipinski definition) is 1. The van der Waals surface area contributed by atoms with E-state index in [9.17, 15) is 9.90 Å². The van der Waals surface area contributed by atoms with Crippen molar-refractivity contribution in [3.8, 4) is 5.75 Å². The van der Waals surface area contributed by atoms with Crippen molar-refractivity contribution in [3.05, 3.63) is 107 Å². The van der Waals surface area contributed by atoms with Crippen molar-refractivity contribution in [2.24, 2.45) is 0 Å². The van der Waals surface area contributed by atoms with Gasteiger partial charge in [-0.15, -0.1) is 0 Å². The summed E-state index contributed by atoms with van der Waals surface area (Å²) in [6, 6.07) is 24.9. The average molecular weight is 326 g/mol. The van der Waals surface area contributed by atoms with E-state index >= 15 is 0 Å². The number of hydrogen-bond acceptors (Lipinski definition) is 2. The lowest BCUT2D eigenvalue weighted by Gasteiger charge is -2.23. The van der Waals surface area contributed by atoms with Gasteiger partial charge in [-0.3, -0.25) is 4.79 Å². The van der Waals surface area contributed by atoms with Gasteiger partial charge in [0.15, 0.2) is 5.78 Å². The van der Waals surface area contributed by atoms with Crippen LogP contribution in [0.25, 0.3) is 5.57 Å². The predicted molar refractivity (Wildman–Crippen MR) is 99.7 cm³/mol. The van der Waals surface area contributed by atoms with Gasteiger partial charge in [0.05, 0.1) is 0 Å². The highest BCUT2D eigenvalue weighted by atomic mass is 16.3. The molecule has 0 aliphatic heterocycles. The third-order valence-corrected chi connectivity index (χ3v) is 4.68. The molecule has 0 unspecified atom stereocenters. The van der Waals surface area contributed by atoms with Crippen molar-refractivity contribution in [2.75, 3.05) is 0 Å². The zero-order valence-electron chi connectivity index (χ0n) is 13.8. The van der Waals surface area contributed by atoms with Crippen molar-refractivity contribution in [2.45, 2.75) is 12.8 Å². The van der Waals surface area contributed by atoms with E-state index in [4.69, 9.17) is 0 Å². The van der Waals surface area contributed by atoms with Gasteiger partial charge in [-0.25, -0.2) is 0 Å². The van der Waals surface area contributed by atoms with E-state index in [0.29, 0.717) is 12.0 Å². The summed E-state index contributed by atoms with van der Waals surface area (Å²) in [5, 5.41) is 9.82. The lowest BCUT2D eigenvalue weighted by atomic mass is 9.79. The van der Waals surface area contributed by atoms with Crippen LogP contribution in [0.15, 0.2) is 84.4 Å². The van der Waals surface area contributed by atoms with E-state index in [1.807, 2.05) is 72.8 Å². The molecule has 0 saturated carbocycles. The number of allylic oxidation sites excluding steroid dienone is 1. The highest BCUT2D eigenvalue weighted by Gasteiger charge is 2.25. The molecule has 2 heteroatoms. The Morgan fingerprint density at radius 3 is 2.20 bits per heavy atom. The predicted octanol–water partition coefficient (Wildman–Crippen LogP) is 5.02. The molecule has 0 heterocycles. The Labute approximate surface area is 147 Å². The first-order chi connectivity index (χ1) is 12.2. The summed E-state index contributed by atoms with van der Waals surface area (Å²) in [4.78, 5) is 13.2. The number of ketones is 1. The smallest absolute Gasteiger partial charge is 0.189 e. The van der Waals surface area contributed by atoms with Crippen LogP contribution in [0.3, 0.4) is 0 Å². The topological polar surface area (TPSA) is 37.3 Å². The second kappa shape index (κ2) is 6.40. The van der Waals surface area contributed by atoms with E-state index in [0.717, 1.165) is 34.3 Å². The Hall–Kier alpha value is -3.13. The number of aryl methyl sites for hydroxylation is 1. The summed E-state index contributed by atoms with van der Waals surface area (Å²) >= 11 is 0. The highest BCUT2D eigenvalue weighted by Crippen LogP contribution is 2.38. The first kappa shape index (κ1) is 15.4. The lowest BCUT2D eigenvalue weighted by Crippen LogP contribution is -2.13. The molecule has 0 radical (unpaired) electrons. The third-order valence-electron chi connectivity index (χ3n) is 4.68. The van der Waals surface area contributed by atoms with E-state index in [-0.39, 0.29) is 11.5 Å². The maximum atomic E-state index is 13.2. The highest BCUT2D eigenvalue weighted by molar-refractivity contribution is 6.15. The van der Waals surface area contributed by atoms with Crippen LogP contribution in [0.5, 0.6) is 5.75 Å². The molecule has 0 fully saturated rings. The Bertz CT molecular complexity index is 954. The molecule has 0 saturated heterocycles. The number of benzene rings is 3. The summed E-state index contributed by atoms with van der Waals surface area (Å²) in [7, 11) is 0. The number of Topliss-reactive ketones (excluding diaryl/α,β-unsaturated/α-hetero) is 1. The number of phenols is 1. The molecule has 0 bridgehead atoms. The minimum absolute atomic E-state index is 0.0816. The molecular formula is C23H18O2. The largest absolute Gasteiger partial charge is 0.508 e. The van der Waals surface area contributed by atoms with Gasteiger partial charge in [-0.1, -0.05) is 66.7 Å². The first-order valence-corrected chi connectivity index (χ1v) is 8.44. The molecule has 2 nitrogen and oxygen atoms in total. The summed E-state index contributed by atoms with van der Waals surface area (Å²) in [6.45, 7) is 0. The van der Waals surface area contributed by atoms with Crippen LogP contribution < -0.4 is 0 Å². The van der Waals surface area contributed by atoms with Crippen molar-refractivity contribution in [1.82, 2.24) is 0 Å². The molecule has 25 heavy (non-hydrogen) atoms. The maximum Gasteiger partial charge on any atom is 0.189 e. The summed E-state index contributed by atoms with van der Waals surface area (Å²) in [6.07, 6.45) is 1.43. The summed E-state index contributed by atoms with van der Waals surface area (Å²) in [5.74, 6) is 0.349. The molecular weight excluding hydrogens is 308 g/mol. The van der Waals surface area contributed by atoms with Crippen LogP contribution >= 0.6 is 0 Å². The molecule has 0 aromatic heterocycles. The van der Waals surface area contributed by atoms with E-state index < -0.39 is 0 Å². The third kappa shape index (κ3) is 2.87. The molecule has 0 spiro atoms. The Kier molecular flexibility index (Phi) is 3.95. The normalized spacial score (nSPS) is 13.4. The minimum Gasteiger partial charge on any atom is -0.508 e. The lowest BCUT2D eigenvalue weighted by molar-refractivity contribution is 0.103. The van der Waals surface area contributed by atoms with Crippen molar-refractivity contribution in [3.63, 3.8) is 0 Å². The van der Waals surface area contributed by atoms with Crippen LogP contribution in [0, 0.1) is 0 Å². The number of aromatic hydroxyl groups is 1. The number of rotatable bonds is 3. The molecule has 1 aliphatic carbocycles. The number of fused-ring (bicyclic) bond motifs is 1. The van der Waals surface area contributed by atoms with Gasteiger partial charge < -0.3 is 5.11 Å². The zero-order chi connectivity index (χ0) is 17.2. The second-order valence-electron chi connectivity index (χ2n) is 6.26. The number of carbonyl (C=O) groups excluding carboxylic acids is 1. The molecule has 4 rings (SSSR count). The first-order valence-electron chi connectivity index (χ1n) is 8.44. The van der Waals surface area contributed by atoms with Crippen LogP contribution in [0.1, 0.15) is 33.5 Å². The molecule has 1 N–H and O–H groups in total. The standard InChI is InChI=1S/C23H18O2/c24-19-12-14-20-18(15-19)11-13-21(22(20)16-7-3-1-4-8-16)23(25)17-9-5-2-6-10-17/h1-10,12,14-15,24H,11,13H2. The fourth-order valence-electron chi connectivity index (χ4n) is 3.50. The van der Waals surface area contributed by atoms with Gasteiger partial charge in [0.2, 0.25) is 0 Å². The minimum atomic E-state index is 0.0816. The van der Waals surface area contributed by atoms with Crippen molar-refractivity contribution < 1.29 is 9.90 Å². The van der Waals surface area contributed by atoms with Crippen LogP contribution in [-0.2, 0) is 6.42 Å². The Morgan fingerprint density at radius 2 is 1.48 bits per heavy atom. The number of phenolic OH excluding ortho intramolecular Hbond substituents is 1. The monoisotopic (exact) mass is 326 g/mol. The summed E-state index contributed by atoms with van der Waals surface area (Å²) in [5.41, 5.74) is 5.70. The van der Waals surface area contributed by atoms with Crippen LogP contribution in [0.2, 0.25) is 0 Å². The van der Waals surface area contributed by atoms with E-state index in [2.05, 4.69) is 0 Å². The molecule has 0 amide bonds. The van der Waals surface area contributed by atoms with Crippen molar-refractivity contribution >= 4 is 11.4 Å². The SMILES string of the molecule is O=C(C1=C(c2ccccc2)c2ccc(O)cc2CC1)c1ccccc1. The Morgan fingerprint density at radius 1 is 0.800 bits per heavy atom. The van der Waals surface area contributed by atoms with Gasteiger partial charge in [0.1, 0.15) is 5.75 Å². The number of carbonyl (C=O) groups is 1. The van der Waals surface area contributed by atoms with Gasteiger partial charge >= 0.3 is 0 Å². The van der Waals surface area contributed by atoms with E-state index in [1.165, 1.54) is 0 Å².